The number of anilines is 1. The highest BCUT2D eigenvalue weighted by atomic mass is 16.5. The van der Waals surface area contributed by atoms with Gasteiger partial charge in [-0.05, 0) is 54.8 Å². The van der Waals surface area contributed by atoms with Gasteiger partial charge in [0.1, 0.15) is 5.75 Å². The summed E-state index contributed by atoms with van der Waals surface area (Å²) in [7, 11) is 1.60. The molecule has 0 aliphatic carbocycles. The highest BCUT2D eigenvalue weighted by molar-refractivity contribution is 5.97. The molecule has 1 amide bonds. The molecule has 1 unspecified atom stereocenters. The van der Waals surface area contributed by atoms with Crippen LogP contribution < -0.4 is 10.1 Å². The molecule has 2 aromatic rings. The van der Waals surface area contributed by atoms with Crippen LogP contribution in [0.15, 0.2) is 42.5 Å². The second-order valence-electron chi connectivity index (χ2n) is 5.56. The van der Waals surface area contributed by atoms with E-state index in [-0.39, 0.29) is 17.4 Å². The van der Waals surface area contributed by atoms with Crippen LogP contribution in [0.5, 0.6) is 5.75 Å². The number of carbonyl (C=O) groups is 2. The van der Waals surface area contributed by atoms with Gasteiger partial charge in [-0.2, -0.15) is 0 Å². The molecule has 0 saturated carbocycles. The number of methoxy groups -OCH3 is 1. The van der Waals surface area contributed by atoms with Crippen molar-refractivity contribution in [1.82, 2.24) is 0 Å². The van der Waals surface area contributed by atoms with E-state index in [0.717, 1.165) is 11.3 Å². The maximum atomic E-state index is 12.6. The zero-order chi connectivity index (χ0) is 17.7. The molecule has 2 N–H and O–H groups in total. The van der Waals surface area contributed by atoms with E-state index < -0.39 is 5.97 Å². The Hall–Kier alpha value is -2.82. The second-order valence-corrected chi connectivity index (χ2v) is 5.56. The number of ether oxygens (including phenoxy) is 1. The zero-order valence-corrected chi connectivity index (χ0v) is 14.0. The SMILES string of the molecule is CCC(C(=O)Nc1ccc(C(=O)O)c(C)c1)c1ccc(OC)cc1. The number of carbonyl (C=O) groups excluding carboxylic acids is 1. The van der Waals surface area contributed by atoms with Crippen LogP contribution in [-0.2, 0) is 4.79 Å². The monoisotopic (exact) mass is 327 g/mol. The van der Waals surface area contributed by atoms with Crippen LogP contribution in [-0.4, -0.2) is 24.1 Å². The molecule has 0 aliphatic heterocycles. The van der Waals surface area contributed by atoms with Gasteiger partial charge in [0, 0.05) is 5.69 Å². The molecule has 0 aromatic heterocycles. The van der Waals surface area contributed by atoms with Crippen LogP contribution in [0.3, 0.4) is 0 Å². The summed E-state index contributed by atoms with van der Waals surface area (Å²) in [6.07, 6.45) is 0.657. The first-order chi connectivity index (χ1) is 11.5. The van der Waals surface area contributed by atoms with Crippen molar-refractivity contribution in [2.24, 2.45) is 0 Å². The van der Waals surface area contributed by atoms with Crippen LogP contribution >= 0.6 is 0 Å². The van der Waals surface area contributed by atoms with E-state index in [9.17, 15) is 9.59 Å². The lowest BCUT2D eigenvalue weighted by molar-refractivity contribution is -0.117. The molecule has 1 atom stereocenters. The number of hydrogen-bond donors (Lipinski definition) is 2. The van der Waals surface area contributed by atoms with E-state index in [2.05, 4.69) is 5.32 Å². The van der Waals surface area contributed by atoms with Gasteiger partial charge in [-0.3, -0.25) is 4.79 Å². The van der Waals surface area contributed by atoms with Crippen molar-refractivity contribution in [3.63, 3.8) is 0 Å². The number of carboxylic acid groups (broad SMARTS) is 1. The van der Waals surface area contributed by atoms with Gasteiger partial charge in [0.05, 0.1) is 18.6 Å². The normalized spacial score (nSPS) is 11.6. The Bertz CT molecular complexity index is 738. The lowest BCUT2D eigenvalue weighted by Gasteiger charge is -2.16. The molecule has 2 aromatic carbocycles. The third-order valence-electron chi connectivity index (χ3n) is 3.97. The predicted octanol–water partition coefficient (Wildman–Crippen LogP) is 3.83. The summed E-state index contributed by atoms with van der Waals surface area (Å²) in [6, 6.07) is 12.2. The van der Waals surface area contributed by atoms with Gasteiger partial charge in [0.25, 0.3) is 0 Å². The van der Waals surface area contributed by atoms with Crippen molar-refractivity contribution in [2.75, 3.05) is 12.4 Å². The number of nitrogens with one attached hydrogen (secondary N) is 1. The Kier molecular flexibility index (Phi) is 5.58. The maximum absolute atomic E-state index is 12.6. The molecular weight excluding hydrogens is 306 g/mol. The average Bonchev–Trinajstić information content (AvgIpc) is 2.56. The highest BCUT2D eigenvalue weighted by Crippen LogP contribution is 2.24. The minimum atomic E-state index is -0.977. The number of benzene rings is 2. The molecule has 0 fully saturated rings. The van der Waals surface area contributed by atoms with Crippen molar-refractivity contribution < 1.29 is 19.4 Å². The smallest absolute Gasteiger partial charge is 0.335 e. The summed E-state index contributed by atoms with van der Waals surface area (Å²) < 4.78 is 5.13. The molecule has 126 valence electrons. The van der Waals surface area contributed by atoms with Gasteiger partial charge >= 0.3 is 5.97 Å². The standard InChI is InChI=1S/C19H21NO4/c1-4-16(13-5-8-15(24-3)9-6-13)18(21)20-14-7-10-17(19(22)23)12(2)11-14/h5-11,16H,4H2,1-3H3,(H,20,21)(H,22,23). The summed E-state index contributed by atoms with van der Waals surface area (Å²) in [4.78, 5) is 23.6. The number of amides is 1. The quantitative estimate of drug-likeness (QED) is 0.845. The fourth-order valence-electron chi connectivity index (χ4n) is 2.62. The van der Waals surface area contributed by atoms with Crippen LogP contribution in [0.25, 0.3) is 0 Å². The van der Waals surface area contributed by atoms with Gasteiger partial charge in [-0.15, -0.1) is 0 Å². The van der Waals surface area contributed by atoms with Crippen LogP contribution in [0.2, 0.25) is 0 Å². The molecule has 0 aliphatic rings. The molecule has 2 rings (SSSR count). The first-order valence-electron chi connectivity index (χ1n) is 7.75. The van der Waals surface area contributed by atoms with Gasteiger partial charge in [-0.1, -0.05) is 19.1 Å². The van der Waals surface area contributed by atoms with Gasteiger partial charge in [0.2, 0.25) is 5.91 Å². The Balaban J connectivity index is 2.17. The summed E-state index contributed by atoms with van der Waals surface area (Å²) in [5, 5.41) is 11.9. The summed E-state index contributed by atoms with van der Waals surface area (Å²) in [5.74, 6) is -0.635. The van der Waals surface area contributed by atoms with Gasteiger partial charge < -0.3 is 15.2 Å². The Labute approximate surface area is 141 Å². The number of aryl methyl sites for hydroxylation is 1. The first kappa shape index (κ1) is 17.5. The van der Waals surface area contributed by atoms with E-state index in [1.165, 1.54) is 6.07 Å². The maximum Gasteiger partial charge on any atom is 0.335 e. The van der Waals surface area contributed by atoms with Crippen molar-refractivity contribution in [3.05, 3.63) is 59.2 Å². The van der Waals surface area contributed by atoms with Gasteiger partial charge in [0.15, 0.2) is 0 Å². The van der Waals surface area contributed by atoms with Crippen LogP contribution in [0, 0.1) is 6.92 Å². The third-order valence-corrected chi connectivity index (χ3v) is 3.97. The Morgan fingerprint density at radius 2 is 1.83 bits per heavy atom. The van der Waals surface area contributed by atoms with Crippen molar-refractivity contribution in [2.45, 2.75) is 26.2 Å². The van der Waals surface area contributed by atoms with Crippen molar-refractivity contribution in [1.29, 1.82) is 0 Å². The largest absolute Gasteiger partial charge is 0.497 e. The number of carboxylic acids is 1. The van der Waals surface area contributed by atoms with Crippen LogP contribution in [0.1, 0.15) is 40.7 Å². The summed E-state index contributed by atoms with van der Waals surface area (Å²) in [6.45, 7) is 3.66. The van der Waals surface area contributed by atoms with Crippen molar-refractivity contribution >= 4 is 17.6 Å². The highest BCUT2D eigenvalue weighted by Gasteiger charge is 2.19. The fourth-order valence-corrected chi connectivity index (χ4v) is 2.62. The molecule has 0 spiro atoms. The van der Waals surface area contributed by atoms with E-state index in [0.29, 0.717) is 17.7 Å². The van der Waals surface area contributed by atoms with E-state index in [1.807, 2.05) is 31.2 Å². The minimum Gasteiger partial charge on any atom is -0.497 e. The third kappa shape index (κ3) is 3.93. The first-order valence-corrected chi connectivity index (χ1v) is 7.75. The lowest BCUT2D eigenvalue weighted by Crippen LogP contribution is -2.20. The van der Waals surface area contributed by atoms with E-state index in [4.69, 9.17) is 9.84 Å². The minimum absolute atomic E-state index is 0.120. The number of aromatic carboxylic acids is 1. The molecule has 0 saturated heterocycles. The van der Waals surface area contributed by atoms with E-state index >= 15 is 0 Å². The van der Waals surface area contributed by atoms with Crippen molar-refractivity contribution in [3.8, 4) is 5.75 Å². The molecular formula is C19H21NO4. The molecule has 5 heteroatoms. The summed E-state index contributed by atoms with van der Waals surface area (Å²) in [5.41, 5.74) is 2.34. The second kappa shape index (κ2) is 7.64. The summed E-state index contributed by atoms with van der Waals surface area (Å²) >= 11 is 0. The predicted molar refractivity (Wildman–Crippen MR) is 92.8 cm³/mol. The van der Waals surface area contributed by atoms with Crippen LogP contribution in [0.4, 0.5) is 5.69 Å². The fraction of sp³-hybridized carbons (Fsp3) is 0.263. The Morgan fingerprint density at radius 1 is 1.17 bits per heavy atom. The molecule has 0 bridgehead atoms. The topological polar surface area (TPSA) is 75.6 Å². The average molecular weight is 327 g/mol. The lowest BCUT2D eigenvalue weighted by atomic mass is 9.95. The molecule has 0 radical (unpaired) electrons. The Morgan fingerprint density at radius 3 is 2.33 bits per heavy atom. The number of rotatable bonds is 6. The molecule has 24 heavy (non-hydrogen) atoms. The zero-order valence-electron chi connectivity index (χ0n) is 14.0. The number of hydrogen-bond acceptors (Lipinski definition) is 3. The molecule has 5 nitrogen and oxygen atoms in total. The molecule has 0 heterocycles. The van der Waals surface area contributed by atoms with Gasteiger partial charge in [-0.25, -0.2) is 4.79 Å². The van der Waals surface area contributed by atoms with E-state index in [1.54, 1.807) is 26.2 Å².